The van der Waals surface area contributed by atoms with Crippen molar-refractivity contribution in [2.24, 2.45) is 0 Å². The molecule has 1 atom stereocenters. The second kappa shape index (κ2) is 5.14. The van der Waals surface area contributed by atoms with Crippen molar-refractivity contribution in [2.75, 3.05) is 11.9 Å². The van der Waals surface area contributed by atoms with Crippen molar-refractivity contribution in [1.82, 2.24) is 0 Å². The number of nitrogens with one attached hydrogen (secondary N) is 1. The number of hydrogen-bond acceptors (Lipinski definition) is 3. The Balaban J connectivity index is 1.91. The highest BCUT2D eigenvalue weighted by Crippen LogP contribution is 2.36. The normalized spacial score (nSPS) is 16.1. The van der Waals surface area contributed by atoms with Crippen LogP contribution in [-0.2, 0) is 0 Å². The zero-order valence-electron chi connectivity index (χ0n) is 10.4. The Labute approximate surface area is 124 Å². The monoisotopic (exact) mass is 332 g/mol. The van der Waals surface area contributed by atoms with E-state index in [1.165, 1.54) is 0 Å². The molecular formula is C15H10BrFN2O. The van der Waals surface area contributed by atoms with Crippen LogP contribution >= 0.6 is 15.9 Å². The first kappa shape index (κ1) is 12.9. The van der Waals surface area contributed by atoms with Crippen LogP contribution < -0.4 is 10.1 Å². The van der Waals surface area contributed by atoms with Crippen LogP contribution in [-0.4, -0.2) is 6.61 Å². The lowest BCUT2D eigenvalue weighted by molar-refractivity contribution is 0.339. The topological polar surface area (TPSA) is 45.0 Å². The van der Waals surface area contributed by atoms with Crippen LogP contribution in [0.4, 0.5) is 10.1 Å². The third-order valence-corrected chi connectivity index (χ3v) is 4.01. The first-order chi connectivity index (χ1) is 9.70. The van der Waals surface area contributed by atoms with Crippen LogP contribution in [0.5, 0.6) is 5.75 Å². The molecule has 0 spiro atoms. The van der Waals surface area contributed by atoms with Crippen LogP contribution in [0.25, 0.3) is 0 Å². The van der Waals surface area contributed by atoms with E-state index in [2.05, 4.69) is 21.2 Å². The van der Waals surface area contributed by atoms with Gasteiger partial charge in [-0.15, -0.1) is 0 Å². The number of para-hydroxylation sites is 1. The van der Waals surface area contributed by atoms with E-state index in [0.29, 0.717) is 12.3 Å². The molecule has 1 unspecified atom stereocenters. The summed E-state index contributed by atoms with van der Waals surface area (Å²) in [5.41, 5.74) is 1.63. The molecule has 0 bridgehead atoms. The third-order valence-electron chi connectivity index (χ3n) is 3.23. The molecule has 1 aliphatic heterocycles. The van der Waals surface area contributed by atoms with Gasteiger partial charge in [-0.1, -0.05) is 18.2 Å². The Morgan fingerprint density at radius 3 is 2.90 bits per heavy atom. The zero-order chi connectivity index (χ0) is 14.1. The van der Waals surface area contributed by atoms with E-state index in [0.717, 1.165) is 11.3 Å². The minimum Gasteiger partial charge on any atom is -0.491 e. The van der Waals surface area contributed by atoms with Crippen molar-refractivity contribution in [3.8, 4) is 11.8 Å². The third kappa shape index (κ3) is 2.12. The van der Waals surface area contributed by atoms with Gasteiger partial charge in [-0.3, -0.25) is 0 Å². The Morgan fingerprint density at radius 1 is 1.30 bits per heavy atom. The van der Waals surface area contributed by atoms with E-state index in [4.69, 9.17) is 10.00 Å². The Kier molecular flexibility index (Phi) is 3.33. The summed E-state index contributed by atoms with van der Waals surface area (Å²) in [4.78, 5) is 0. The number of benzene rings is 2. The Hall–Kier alpha value is -2.06. The summed E-state index contributed by atoms with van der Waals surface area (Å²) in [7, 11) is 0. The highest BCUT2D eigenvalue weighted by Gasteiger charge is 2.24. The van der Waals surface area contributed by atoms with Gasteiger partial charge >= 0.3 is 0 Å². The largest absolute Gasteiger partial charge is 0.491 e. The molecule has 0 aromatic heterocycles. The fraction of sp³-hybridized carbons (Fsp3) is 0.133. The van der Waals surface area contributed by atoms with Gasteiger partial charge in [-0.25, -0.2) is 4.39 Å². The maximum atomic E-state index is 14.2. The predicted molar refractivity (Wildman–Crippen MR) is 77.1 cm³/mol. The fourth-order valence-electron chi connectivity index (χ4n) is 2.22. The van der Waals surface area contributed by atoms with Crippen LogP contribution in [0, 0.1) is 17.1 Å². The van der Waals surface area contributed by atoms with E-state index in [1.54, 1.807) is 12.1 Å². The molecule has 0 amide bonds. The Morgan fingerprint density at radius 2 is 2.10 bits per heavy atom. The second-order valence-corrected chi connectivity index (χ2v) is 5.24. The first-order valence-corrected chi connectivity index (χ1v) is 6.86. The molecule has 1 heterocycles. The summed E-state index contributed by atoms with van der Waals surface area (Å²) < 4.78 is 19.9. The van der Waals surface area contributed by atoms with E-state index in [-0.39, 0.29) is 16.1 Å². The minimum atomic E-state index is -0.464. The van der Waals surface area contributed by atoms with Crippen molar-refractivity contribution in [1.29, 1.82) is 5.26 Å². The van der Waals surface area contributed by atoms with E-state index in [9.17, 15) is 4.39 Å². The maximum absolute atomic E-state index is 14.2. The molecule has 0 saturated carbocycles. The van der Waals surface area contributed by atoms with Crippen LogP contribution in [0.15, 0.2) is 40.9 Å². The molecule has 3 nitrogen and oxygen atoms in total. The molecule has 0 fully saturated rings. The van der Waals surface area contributed by atoms with Gasteiger partial charge in [0.2, 0.25) is 0 Å². The lowest BCUT2D eigenvalue weighted by Gasteiger charge is -2.14. The smallest absolute Gasteiger partial charge is 0.161 e. The molecule has 20 heavy (non-hydrogen) atoms. The highest BCUT2D eigenvalue weighted by molar-refractivity contribution is 9.10. The van der Waals surface area contributed by atoms with Gasteiger partial charge in [0.25, 0.3) is 0 Å². The Bertz CT molecular complexity index is 712. The molecule has 100 valence electrons. The number of fused-ring (bicyclic) bond motifs is 1. The summed E-state index contributed by atoms with van der Waals surface area (Å²) in [5.74, 6) is 0.353. The molecule has 3 rings (SSSR count). The van der Waals surface area contributed by atoms with Crippen molar-refractivity contribution in [3.63, 3.8) is 0 Å². The minimum absolute atomic E-state index is 0.0967. The summed E-state index contributed by atoms with van der Waals surface area (Å²) in [6.07, 6.45) is 0. The van der Waals surface area contributed by atoms with Gasteiger partial charge in [0.1, 0.15) is 18.4 Å². The molecule has 1 N–H and O–H groups in total. The summed E-state index contributed by atoms with van der Waals surface area (Å²) in [5, 5.41) is 12.0. The predicted octanol–water partition coefficient (Wildman–Crippen LogP) is 4.01. The van der Waals surface area contributed by atoms with Gasteiger partial charge in [0.15, 0.2) is 5.82 Å². The van der Waals surface area contributed by atoms with Crippen molar-refractivity contribution < 1.29 is 9.13 Å². The molecule has 0 aliphatic carbocycles. The first-order valence-electron chi connectivity index (χ1n) is 6.07. The number of anilines is 1. The molecule has 2 aromatic rings. The number of hydrogen-bond donors (Lipinski definition) is 1. The number of nitrogens with zero attached hydrogens (tertiary/aromatic N) is 1. The maximum Gasteiger partial charge on any atom is 0.161 e. The number of nitriles is 1. The fourth-order valence-corrected chi connectivity index (χ4v) is 2.65. The molecule has 0 radical (unpaired) electrons. The highest BCUT2D eigenvalue weighted by atomic mass is 79.9. The number of ether oxygens (including phenoxy) is 1. The molecular weight excluding hydrogens is 323 g/mol. The average Bonchev–Trinajstić information content (AvgIpc) is 2.88. The lowest BCUT2D eigenvalue weighted by Crippen LogP contribution is -2.13. The van der Waals surface area contributed by atoms with Crippen LogP contribution in [0.2, 0.25) is 0 Å². The number of halogens is 2. The summed E-state index contributed by atoms with van der Waals surface area (Å²) in [6.45, 7) is 0.455. The van der Waals surface area contributed by atoms with Gasteiger partial charge in [-0.05, 0) is 34.1 Å². The van der Waals surface area contributed by atoms with Crippen LogP contribution in [0.1, 0.15) is 17.2 Å². The molecule has 5 heteroatoms. The van der Waals surface area contributed by atoms with Gasteiger partial charge in [0, 0.05) is 5.56 Å². The summed E-state index contributed by atoms with van der Waals surface area (Å²) >= 11 is 3.10. The summed E-state index contributed by atoms with van der Waals surface area (Å²) in [6, 6.07) is 12.7. The van der Waals surface area contributed by atoms with E-state index >= 15 is 0 Å². The average molecular weight is 333 g/mol. The van der Waals surface area contributed by atoms with Gasteiger partial charge in [-0.2, -0.15) is 5.26 Å². The molecule has 2 aromatic carbocycles. The lowest BCUT2D eigenvalue weighted by atomic mass is 10.1. The SMILES string of the molecule is N#Cc1ccc(NC2COc3ccccc32)c(F)c1Br. The van der Waals surface area contributed by atoms with Crippen molar-refractivity contribution >= 4 is 21.6 Å². The van der Waals surface area contributed by atoms with Gasteiger partial charge in [0.05, 0.1) is 21.8 Å². The standard InChI is InChI=1S/C15H10BrFN2O/c16-14-9(7-18)5-6-11(15(14)17)19-12-8-20-13-4-2-1-3-10(12)13/h1-6,12,19H,8H2. The quantitative estimate of drug-likeness (QED) is 0.903. The second-order valence-electron chi connectivity index (χ2n) is 4.45. The van der Waals surface area contributed by atoms with E-state index < -0.39 is 5.82 Å². The zero-order valence-corrected chi connectivity index (χ0v) is 11.9. The van der Waals surface area contributed by atoms with Crippen molar-refractivity contribution in [3.05, 3.63) is 57.8 Å². The van der Waals surface area contributed by atoms with E-state index in [1.807, 2.05) is 30.3 Å². The number of rotatable bonds is 2. The molecule has 0 saturated heterocycles. The molecule has 1 aliphatic rings. The van der Waals surface area contributed by atoms with Gasteiger partial charge < -0.3 is 10.1 Å². The van der Waals surface area contributed by atoms with Crippen molar-refractivity contribution in [2.45, 2.75) is 6.04 Å². The van der Waals surface area contributed by atoms with Crippen LogP contribution in [0.3, 0.4) is 0 Å².